The summed E-state index contributed by atoms with van der Waals surface area (Å²) in [5, 5.41) is 0. The Balaban J connectivity index is 2.14. The van der Waals surface area contributed by atoms with Crippen molar-refractivity contribution in [3.05, 3.63) is 53.9 Å². The van der Waals surface area contributed by atoms with Crippen LogP contribution in [0.4, 0.5) is 19.1 Å². The minimum Gasteiger partial charge on any atom is -0.267 e. The minimum atomic E-state index is -4.60. The van der Waals surface area contributed by atoms with Crippen molar-refractivity contribution in [3.8, 4) is 0 Å². The summed E-state index contributed by atoms with van der Waals surface area (Å²) in [4.78, 5) is 19.3. The van der Waals surface area contributed by atoms with Crippen LogP contribution in [-0.2, 0) is 6.18 Å². The average Bonchev–Trinajstić information content (AvgIpc) is 2.45. The summed E-state index contributed by atoms with van der Waals surface area (Å²) >= 11 is 0. The molecule has 0 aliphatic carbocycles. The number of hydrogen-bond acceptors (Lipinski definition) is 4. The smallest absolute Gasteiger partial charge is 0.267 e. The van der Waals surface area contributed by atoms with Crippen molar-refractivity contribution in [2.24, 2.45) is 0 Å². The predicted octanol–water partition coefficient (Wildman–Crippen LogP) is 2.25. The van der Waals surface area contributed by atoms with Crippen LogP contribution in [0, 0.1) is 0 Å². The summed E-state index contributed by atoms with van der Waals surface area (Å²) in [6, 6.07) is 6.06. The molecule has 0 spiro atoms. The van der Waals surface area contributed by atoms with Crippen molar-refractivity contribution in [2.45, 2.75) is 6.18 Å². The third-order valence-electron chi connectivity index (χ3n) is 2.33. The molecule has 0 aliphatic heterocycles. The van der Waals surface area contributed by atoms with Crippen LogP contribution in [0.15, 0.2) is 42.7 Å². The molecule has 0 saturated heterocycles. The lowest BCUT2D eigenvalue weighted by Crippen LogP contribution is -2.31. The number of hydrogen-bond donors (Lipinski definition) is 2. The molecular weight excluding hydrogens is 273 g/mol. The number of benzene rings is 1. The molecule has 0 fully saturated rings. The largest absolute Gasteiger partial charge is 0.417 e. The van der Waals surface area contributed by atoms with Gasteiger partial charge in [-0.1, -0.05) is 12.1 Å². The maximum absolute atomic E-state index is 12.7. The molecule has 1 aromatic heterocycles. The van der Waals surface area contributed by atoms with Crippen LogP contribution in [0.2, 0.25) is 0 Å². The van der Waals surface area contributed by atoms with Gasteiger partial charge in [0.2, 0.25) is 5.95 Å². The molecule has 2 aromatic rings. The van der Waals surface area contributed by atoms with Crippen LogP contribution in [0.5, 0.6) is 0 Å². The highest BCUT2D eigenvalue weighted by Gasteiger charge is 2.34. The summed E-state index contributed by atoms with van der Waals surface area (Å²) in [6.07, 6.45) is -1.76. The highest BCUT2D eigenvalue weighted by atomic mass is 19.4. The molecule has 0 saturated carbocycles. The summed E-state index contributed by atoms with van der Waals surface area (Å²) in [6.45, 7) is 0. The number of nitrogens with zero attached hydrogens (tertiary/aromatic N) is 2. The van der Waals surface area contributed by atoms with Crippen LogP contribution >= 0.6 is 0 Å². The molecule has 1 heterocycles. The number of aromatic nitrogens is 2. The van der Waals surface area contributed by atoms with Gasteiger partial charge in [-0.25, -0.2) is 9.97 Å². The Morgan fingerprint density at radius 3 is 2.35 bits per heavy atom. The zero-order valence-corrected chi connectivity index (χ0v) is 9.98. The first-order valence-corrected chi connectivity index (χ1v) is 5.48. The second kappa shape index (κ2) is 5.55. The van der Waals surface area contributed by atoms with Gasteiger partial charge in [-0.3, -0.25) is 15.6 Å². The van der Waals surface area contributed by atoms with E-state index in [-0.39, 0.29) is 5.95 Å². The number of hydrazine groups is 1. The molecule has 8 heteroatoms. The van der Waals surface area contributed by atoms with E-state index >= 15 is 0 Å². The number of amides is 1. The van der Waals surface area contributed by atoms with Crippen LogP contribution in [-0.4, -0.2) is 15.9 Å². The van der Waals surface area contributed by atoms with Crippen molar-refractivity contribution in [2.75, 3.05) is 5.43 Å². The summed E-state index contributed by atoms with van der Waals surface area (Å²) in [5.41, 5.74) is 2.96. The minimum absolute atomic E-state index is 0.0744. The Kier molecular flexibility index (Phi) is 3.83. The zero-order chi connectivity index (χ0) is 14.6. The molecule has 5 nitrogen and oxygen atoms in total. The Morgan fingerprint density at radius 1 is 1.05 bits per heavy atom. The normalized spacial score (nSPS) is 10.9. The van der Waals surface area contributed by atoms with Crippen molar-refractivity contribution < 1.29 is 18.0 Å². The number of nitrogens with one attached hydrogen (secondary N) is 2. The van der Waals surface area contributed by atoms with Gasteiger partial charge in [0.05, 0.1) is 11.1 Å². The van der Waals surface area contributed by atoms with Crippen molar-refractivity contribution >= 4 is 11.9 Å². The lowest BCUT2D eigenvalue weighted by atomic mass is 10.1. The van der Waals surface area contributed by atoms with Crippen LogP contribution in [0.25, 0.3) is 0 Å². The number of anilines is 1. The zero-order valence-electron chi connectivity index (χ0n) is 9.98. The predicted molar refractivity (Wildman–Crippen MR) is 64.6 cm³/mol. The van der Waals surface area contributed by atoms with Gasteiger partial charge in [-0.2, -0.15) is 13.2 Å². The van der Waals surface area contributed by atoms with E-state index in [1.54, 1.807) is 6.07 Å². The fourth-order valence-corrected chi connectivity index (χ4v) is 1.47. The first-order chi connectivity index (χ1) is 9.48. The van der Waals surface area contributed by atoms with Crippen LogP contribution in [0.1, 0.15) is 15.9 Å². The van der Waals surface area contributed by atoms with Crippen molar-refractivity contribution in [3.63, 3.8) is 0 Å². The molecule has 2 rings (SSSR count). The molecule has 1 amide bonds. The lowest BCUT2D eigenvalue weighted by Gasteiger charge is -2.12. The van der Waals surface area contributed by atoms with E-state index in [4.69, 9.17) is 0 Å². The molecule has 104 valence electrons. The first kappa shape index (κ1) is 13.8. The van der Waals surface area contributed by atoms with E-state index in [1.807, 2.05) is 0 Å². The number of carbonyl (C=O) groups excluding carboxylic acids is 1. The van der Waals surface area contributed by atoms with E-state index < -0.39 is 23.2 Å². The van der Waals surface area contributed by atoms with E-state index in [1.165, 1.54) is 24.5 Å². The average molecular weight is 282 g/mol. The summed E-state index contributed by atoms with van der Waals surface area (Å²) in [5.74, 6) is -0.851. The maximum Gasteiger partial charge on any atom is 0.417 e. The lowest BCUT2D eigenvalue weighted by molar-refractivity contribution is -0.137. The molecule has 0 bridgehead atoms. The second-order valence-corrected chi connectivity index (χ2v) is 3.69. The van der Waals surface area contributed by atoms with Gasteiger partial charge in [-0.15, -0.1) is 0 Å². The quantitative estimate of drug-likeness (QED) is 0.847. The van der Waals surface area contributed by atoms with Gasteiger partial charge < -0.3 is 0 Å². The second-order valence-electron chi connectivity index (χ2n) is 3.69. The fraction of sp³-hybridized carbons (Fsp3) is 0.0833. The molecule has 2 N–H and O–H groups in total. The van der Waals surface area contributed by atoms with E-state index in [2.05, 4.69) is 20.8 Å². The molecule has 20 heavy (non-hydrogen) atoms. The van der Waals surface area contributed by atoms with Gasteiger partial charge in [0.1, 0.15) is 0 Å². The third-order valence-corrected chi connectivity index (χ3v) is 2.33. The Labute approximate surface area is 111 Å². The first-order valence-electron chi connectivity index (χ1n) is 5.48. The third kappa shape index (κ3) is 3.22. The molecule has 1 aromatic carbocycles. The van der Waals surface area contributed by atoms with Gasteiger partial charge in [0.25, 0.3) is 5.91 Å². The number of alkyl halides is 3. The number of rotatable bonds is 3. The van der Waals surface area contributed by atoms with Gasteiger partial charge in [-0.05, 0) is 18.2 Å². The van der Waals surface area contributed by atoms with E-state index in [0.29, 0.717) is 0 Å². The highest BCUT2D eigenvalue weighted by molar-refractivity contribution is 5.96. The van der Waals surface area contributed by atoms with Crippen molar-refractivity contribution in [1.82, 2.24) is 15.4 Å². The Hall–Kier alpha value is -2.64. The van der Waals surface area contributed by atoms with Gasteiger partial charge in [0, 0.05) is 12.4 Å². The Bertz CT molecular complexity index is 601. The molecule has 0 unspecified atom stereocenters. The van der Waals surface area contributed by atoms with Crippen LogP contribution in [0.3, 0.4) is 0 Å². The standard InChI is InChI=1S/C12H9F3N4O/c13-12(14,15)9-5-2-1-4-8(9)10(20)18-19-11-16-6-3-7-17-11/h1-7H,(H,18,20)(H,16,17,19). The molecular formula is C12H9F3N4O. The van der Waals surface area contributed by atoms with E-state index in [9.17, 15) is 18.0 Å². The fourth-order valence-electron chi connectivity index (χ4n) is 1.47. The maximum atomic E-state index is 12.7. The van der Waals surface area contributed by atoms with E-state index in [0.717, 1.165) is 12.1 Å². The van der Waals surface area contributed by atoms with Gasteiger partial charge in [0.15, 0.2) is 0 Å². The summed E-state index contributed by atoms with van der Waals surface area (Å²) < 4.78 is 38.2. The number of carbonyl (C=O) groups is 1. The van der Waals surface area contributed by atoms with Gasteiger partial charge >= 0.3 is 6.18 Å². The topological polar surface area (TPSA) is 66.9 Å². The molecule has 0 atom stereocenters. The van der Waals surface area contributed by atoms with Crippen molar-refractivity contribution in [1.29, 1.82) is 0 Å². The molecule has 0 radical (unpaired) electrons. The summed E-state index contributed by atoms with van der Waals surface area (Å²) in [7, 11) is 0. The Morgan fingerprint density at radius 2 is 1.70 bits per heavy atom. The number of halogens is 3. The molecule has 0 aliphatic rings. The SMILES string of the molecule is O=C(NNc1ncccn1)c1ccccc1C(F)(F)F. The monoisotopic (exact) mass is 282 g/mol. The van der Waals surface area contributed by atoms with Crippen LogP contribution < -0.4 is 10.9 Å². The highest BCUT2D eigenvalue weighted by Crippen LogP contribution is 2.31.